The minimum Gasteiger partial charge on any atom is -0.513 e. The minimum atomic E-state index is 0.369. The van der Waals surface area contributed by atoms with E-state index in [9.17, 15) is 0 Å². The molecule has 112 valence electrons. The van der Waals surface area contributed by atoms with E-state index < -0.39 is 0 Å². The summed E-state index contributed by atoms with van der Waals surface area (Å²) in [6, 6.07) is 11.9. The fourth-order valence-electron chi connectivity index (χ4n) is 2.29. The molecule has 0 saturated heterocycles. The van der Waals surface area contributed by atoms with Gasteiger partial charge in [0.1, 0.15) is 12.0 Å². The zero-order valence-corrected chi connectivity index (χ0v) is 12.5. The highest BCUT2D eigenvalue weighted by Gasteiger charge is 2.01. The van der Waals surface area contributed by atoms with E-state index in [1.807, 2.05) is 36.4 Å². The van der Waals surface area contributed by atoms with Gasteiger partial charge in [-0.3, -0.25) is 0 Å². The van der Waals surface area contributed by atoms with Gasteiger partial charge in [-0.05, 0) is 35.4 Å². The van der Waals surface area contributed by atoms with Crippen LogP contribution in [0.4, 0.5) is 0 Å². The Labute approximate surface area is 126 Å². The molecule has 2 rings (SSSR count). The van der Waals surface area contributed by atoms with Crippen molar-refractivity contribution in [2.45, 2.75) is 32.6 Å². The van der Waals surface area contributed by atoms with Gasteiger partial charge in [-0.1, -0.05) is 44.4 Å². The number of hydrogen-bond acceptors (Lipinski definition) is 3. The van der Waals surface area contributed by atoms with Crippen LogP contribution in [0.5, 0.6) is 5.75 Å². The molecule has 3 N–H and O–H groups in total. The average molecular weight is 285 g/mol. The number of aliphatic hydroxyl groups excluding tert-OH is 1. The third-order valence-corrected chi connectivity index (χ3v) is 3.55. The Morgan fingerprint density at radius 2 is 1.86 bits per heavy atom. The van der Waals surface area contributed by atoms with Crippen molar-refractivity contribution in [2.24, 2.45) is 5.73 Å². The number of aliphatic hydroxyl groups is 1. The maximum absolute atomic E-state index is 8.96. The predicted octanol–water partition coefficient (Wildman–Crippen LogP) is 4.61. The number of ether oxygens (including phenoxy) is 1. The van der Waals surface area contributed by atoms with Gasteiger partial charge < -0.3 is 15.6 Å². The number of fused-ring (bicyclic) bond motifs is 1. The van der Waals surface area contributed by atoms with Crippen LogP contribution in [0.2, 0.25) is 0 Å². The van der Waals surface area contributed by atoms with Gasteiger partial charge in [0.15, 0.2) is 0 Å². The van der Waals surface area contributed by atoms with Crippen LogP contribution in [0.3, 0.4) is 0 Å². The molecule has 0 saturated carbocycles. The topological polar surface area (TPSA) is 55.5 Å². The predicted molar refractivity (Wildman–Crippen MR) is 88.4 cm³/mol. The first-order valence-electron chi connectivity index (χ1n) is 7.51. The van der Waals surface area contributed by atoms with Crippen molar-refractivity contribution in [2.75, 3.05) is 6.61 Å². The number of nitrogens with two attached hydrogens (primary N) is 1. The zero-order chi connectivity index (χ0) is 15.1. The quantitative estimate of drug-likeness (QED) is 0.576. The third kappa shape index (κ3) is 4.15. The van der Waals surface area contributed by atoms with E-state index in [0.717, 1.165) is 41.4 Å². The van der Waals surface area contributed by atoms with Gasteiger partial charge in [0.05, 0.1) is 12.3 Å². The van der Waals surface area contributed by atoms with E-state index >= 15 is 0 Å². The van der Waals surface area contributed by atoms with E-state index in [-0.39, 0.29) is 0 Å². The minimum absolute atomic E-state index is 0.369. The van der Waals surface area contributed by atoms with Crippen molar-refractivity contribution in [3.05, 3.63) is 48.2 Å². The molecule has 0 radical (unpaired) electrons. The van der Waals surface area contributed by atoms with E-state index in [1.165, 1.54) is 19.3 Å². The summed E-state index contributed by atoms with van der Waals surface area (Å²) in [6.45, 7) is 2.97. The highest BCUT2D eigenvalue weighted by Crippen LogP contribution is 2.23. The molecule has 0 aliphatic heterocycles. The highest BCUT2D eigenvalue weighted by atomic mass is 16.5. The lowest BCUT2D eigenvalue weighted by Gasteiger charge is -2.08. The molecule has 0 aliphatic carbocycles. The van der Waals surface area contributed by atoms with Crippen LogP contribution in [-0.2, 0) is 0 Å². The Hall–Kier alpha value is -2.16. The van der Waals surface area contributed by atoms with Crippen LogP contribution in [0.1, 0.15) is 38.2 Å². The van der Waals surface area contributed by atoms with E-state index in [1.54, 1.807) is 0 Å². The maximum Gasteiger partial charge on any atom is 0.119 e. The summed E-state index contributed by atoms with van der Waals surface area (Å²) in [6.07, 6.45) is 5.76. The fraction of sp³-hybridized carbons (Fsp3) is 0.333. The average Bonchev–Trinajstić information content (AvgIpc) is 2.53. The van der Waals surface area contributed by atoms with Gasteiger partial charge in [0.25, 0.3) is 0 Å². The second kappa shape index (κ2) is 7.58. The summed E-state index contributed by atoms with van der Waals surface area (Å²) >= 11 is 0. The molecule has 0 atom stereocenters. The van der Waals surface area contributed by atoms with Gasteiger partial charge in [-0.2, -0.15) is 0 Å². The number of benzene rings is 2. The Kier molecular flexibility index (Phi) is 5.50. The summed E-state index contributed by atoms with van der Waals surface area (Å²) < 4.78 is 5.78. The first-order valence-corrected chi connectivity index (χ1v) is 7.51. The molecule has 21 heavy (non-hydrogen) atoms. The maximum atomic E-state index is 8.96. The lowest BCUT2D eigenvalue weighted by molar-refractivity contribution is 0.305. The molecule has 0 bridgehead atoms. The lowest BCUT2D eigenvalue weighted by Crippen LogP contribution is -1.97. The molecule has 0 amide bonds. The van der Waals surface area contributed by atoms with Crippen molar-refractivity contribution < 1.29 is 9.84 Å². The van der Waals surface area contributed by atoms with Gasteiger partial charge in [-0.25, -0.2) is 0 Å². The number of rotatable bonds is 7. The Morgan fingerprint density at radius 3 is 2.62 bits per heavy atom. The van der Waals surface area contributed by atoms with E-state index in [0.29, 0.717) is 5.70 Å². The summed E-state index contributed by atoms with van der Waals surface area (Å²) in [5.41, 5.74) is 6.89. The molecule has 0 fully saturated rings. The molecular formula is C18H23NO2. The monoisotopic (exact) mass is 285 g/mol. The highest BCUT2D eigenvalue weighted by molar-refractivity contribution is 5.87. The molecule has 0 aliphatic rings. The van der Waals surface area contributed by atoms with Gasteiger partial charge in [0, 0.05) is 5.56 Å². The van der Waals surface area contributed by atoms with E-state index in [2.05, 4.69) is 6.92 Å². The molecule has 3 heteroatoms. The van der Waals surface area contributed by atoms with Gasteiger partial charge in [0.2, 0.25) is 0 Å². The molecule has 0 unspecified atom stereocenters. The Morgan fingerprint density at radius 1 is 1.10 bits per heavy atom. The lowest BCUT2D eigenvalue weighted by atomic mass is 10.1. The zero-order valence-electron chi connectivity index (χ0n) is 12.5. The van der Waals surface area contributed by atoms with Crippen LogP contribution in [0, 0.1) is 0 Å². The molecule has 0 heterocycles. The summed E-state index contributed by atoms with van der Waals surface area (Å²) in [4.78, 5) is 0. The second-order valence-corrected chi connectivity index (χ2v) is 5.22. The largest absolute Gasteiger partial charge is 0.513 e. The van der Waals surface area contributed by atoms with Crippen molar-refractivity contribution in [3.8, 4) is 5.75 Å². The number of unbranched alkanes of at least 4 members (excludes halogenated alkanes) is 3. The van der Waals surface area contributed by atoms with Crippen molar-refractivity contribution in [3.63, 3.8) is 0 Å². The van der Waals surface area contributed by atoms with E-state index in [4.69, 9.17) is 15.6 Å². The van der Waals surface area contributed by atoms with Gasteiger partial charge in [-0.15, -0.1) is 0 Å². The fourth-order valence-corrected chi connectivity index (χ4v) is 2.29. The summed E-state index contributed by atoms with van der Waals surface area (Å²) in [5, 5.41) is 11.1. The second-order valence-electron chi connectivity index (χ2n) is 5.22. The van der Waals surface area contributed by atoms with Crippen molar-refractivity contribution in [1.82, 2.24) is 0 Å². The van der Waals surface area contributed by atoms with Crippen LogP contribution in [0.15, 0.2) is 42.7 Å². The normalized spacial score (nSPS) is 11.8. The third-order valence-electron chi connectivity index (χ3n) is 3.55. The molecule has 2 aromatic rings. The van der Waals surface area contributed by atoms with Crippen molar-refractivity contribution in [1.29, 1.82) is 0 Å². The van der Waals surface area contributed by atoms with Crippen LogP contribution in [-0.4, -0.2) is 11.7 Å². The first kappa shape index (κ1) is 15.2. The first-order chi connectivity index (χ1) is 10.2. The summed E-state index contributed by atoms with van der Waals surface area (Å²) in [5.74, 6) is 0.900. The van der Waals surface area contributed by atoms with Crippen molar-refractivity contribution >= 4 is 16.5 Å². The number of hydrogen-bond donors (Lipinski definition) is 2. The van der Waals surface area contributed by atoms with Gasteiger partial charge >= 0.3 is 0 Å². The molecule has 3 nitrogen and oxygen atoms in total. The Balaban J connectivity index is 2.05. The van der Waals surface area contributed by atoms with Crippen LogP contribution < -0.4 is 10.5 Å². The smallest absolute Gasteiger partial charge is 0.119 e. The standard InChI is InChI=1S/C18H23NO2/c1-2-3-4-5-10-21-17-9-8-14-11-16(18(19)13-20)7-6-15(14)12-17/h6-9,11-13,20H,2-5,10,19H2,1H3/b18-13-. The molecule has 0 spiro atoms. The van der Waals surface area contributed by atoms with Crippen LogP contribution in [0.25, 0.3) is 16.5 Å². The van der Waals surface area contributed by atoms with Crippen LogP contribution >= 0.6 is 0 Å². The SMILES string of the molecule is CCCCCCOc1ccc2cc(/C(N)=C/O)ccc2c1. The summed E-state index contributed by atoms with van der Waals surface area (Å²) in [7, 11) is 0. The molecule has 0 aromatic heterocycles. The Bertz CT molecular complexity index is 620. The molecule has 2 aromatic carbocycles. The molecular weight excluding hydrogens is 262 g/mol.